The van der Waals surface area contributed by atoms with Gasteiger partial charge in [0.25, 0.3) is 0 Å². The van der Waals surface area contributed by atoms with Crippen LogP contribution >= 0.6 is 31.9 Å². The monoisotopic (exact) mass is 1210 g/mol. The number of benzene rings is 4. The summed E-state index contributed by atoms with van der Waals surface area (Å²) in [7, 11) is 0. The summed E-state index contributed by atoms with van der Waals surface area (Å²) in [4.78, 5) is 0. The molecule has 4 heteroatoms. The first-order valence-corrected chi connectivity index (χ1v) is 36.0. The number of fused-ring (bicyclic) bond motifs is 6. The minimum Gasteiger partial charge on any atom is -0.313 e. The molecule has 6 aromatic rings. The smallest absolute Gasteiger partial charge is 0.0535 e. The highest BCUT2D eigenvalue weighted by atomic mass is 79.9. The highest BCUT2D eigenvalue weighted by Gasteiger charge is 2.30. The predicted octanol–water partition coefficient (Wildman–Crippen LogP) is 26.5. The summed E-state index contributed by atoms with van der Waals surface area (Å²) in [5, 5.41) is 2.89. The van der Waals surface area contributed by atoms with Crippen molar-refractivity contribution in [2.24, 2.45) is 0 Å². The Morgan fingerprint density at radius 2 is 0.613 bits per heavy atom. The van der Waals surface area contributed by atoms with E-state index in [1.165, 1.54) is 336 Å². The van der Waals surface area contributed by atoms with Gasteiger partial charge in [-0.25, -0.2) is 0 Å². The molecule has 0 radical (unpaired) electrons. The maximum Gasteiger partial charge on any atom is 0.0535 e. The van der Waals surface area contributed by atoms with Gasteiger partial charge < -0.3 is 9.13 Å². The Bertz CT molecular complexity index is 2460. The van der Waals surface area contributed by atoms with Crippen LogP contribution < -0.4 is 0 Å². The fraction of sp³-hybridized carbons (Fsp3) is 0.632. The molecule has 2 atom stereocenters. The first kappa shape index (κ1) is 63.0. The van der Waals surface area contributed by atoms with E-state index in [9.17, 15) is 0 Å². The molecule has 0 N–H and O–H groups in total. The molecule has 0 bridgehead atoms. The van der Waals surface area contributed by atoms with E-state index in [4.69, 9.17) is 0 Å². The van der Waals surface area contributed by atoms with Crippen molar-refractivity contribution in [2.75, 3.05) is 0 Å². The van der Waals surface area contributed by atoms with Crippen molar-refractivity contribution >= 4 is 53.7 Å². The first-order chi connectivity index (χ1) is 39.6. The van der Waals surface area contributed by atoms with Crippen molar-refractivity contribution in [1.29, 1.82) is 0 Å². The fourth-order valence-corrected chi connectivity index (χ4v) is 15.4. The Kier molecular flexibility index (Phi) is 28.3. The molecule has 0 amide bonds. The number of unbranched alkanes of at least 4 members (excludes halogenated alkanes) is 34. The van der Waals surface area contributed by atoms with Crippen LogP contribution in [0.1, 0.15) is 318 Å². The highest BCUT2D eigenvalue weighted by molar-refractivity contribution is 9.10. The molecule has 2 unspecified atom stereocenters. The van der Waals surface area contributed by atoms with Gasteiger partial charge in [-0.15, -0.1) is 0 Å². The van der Waals surface area contributed by atoms with Gasteiger partial charge in [-0.3, -0.25) is 0 Å². The summed E-state index contributed by atoms with van der Waals surface area (Å²) in [5.74, 6) is 1.25. The van der Waals surface area contributed by atoms with Gasteiger partial charge in [0.2, 0.25) is 0 Å². The minimum atomic E-state index is 0.623. The second kappa shape index (κ2) is 35.9. The van der Waals surface area contributed by atoms with E-state index >= 15 is 0 Å². The Morgan fingerprint density at radius 3 is 0.900 bits per heavy atom. The van der Waals surface area contributed by atoms with E-state index in [2.05, 4.69) is 140 Å². The second-order valence-electron chi connectivity index (χ2n) is 25.6. The normalized spacial score (nSPS) is 15.3. The highest BCUT2D eigenvalue weighted by Crippen LogP contribution is 2.45. The molecular weight excluding hydrogens is 1100 g/mol. The minimum absolute atomic E-state index is 0.623. The summed E-state index contributed by atoms with van der Waals surface area (Å²) < 4.78 is 7.70. The van der Waals surface area contributed by atoms with Crippen LogP contribution in [0.2, 0.25) is 0 Å². The average Bonchev–Trinajstić information content (AvgIpc) is 3.85. The van der Waals surface area contributed by atoms with E-state index < -0.39 is 0 Å². The van der Waals surface area contributed by atoms with Crippen LogP contribution in [-0.2, 0) is 12.8 Å². The van der Waals surface area contributed by atoms with Gasteiger partial charge in [-0.1, -0.05) is 301 Å². The van der Waals surface area contributed by atoms with E-state index in [1.54, 1.807) is 22.5 Å². The van der Waals surface area contributed by atoms with E-state index in [1.807, 2.05) is 0 Å². The zero-order chi connectivity index (χ0) is 55.4. The van der Waals surface area contributed by atoms with Crippen molar-refractivity contribution in [2.45, 2.75) is 308 Å². The number of rotatable bonds is 41. The maximum atomic E-state index is 3.86. The lowest BCUT2D eigenvalue weighted by Gasteiger charge is -2.26. The Balaban J connectivity index is 0.818. The summed E-state index contributed by atoms with van der Waals surface area (Å²) in [5.41, 5.74) is 14.3. The largest absolute Gasteiger partial charge is 0.313 e. The molecule has 2 aliphatic rings. The zero-order valence-electron chi connectivity index (χ0n) is 51.0. The summed E-state index contributed by atoms with van der Waals surface area (Å²) in [6, 6.07) is 33.2. The number of aryl methyl sites for hydroxylation is 2. The van der Waals surface area contributed by atoms with Crippen LogP contribution in [0.5, 0.6) is 0 Å². The molecule has 2 aliphatic carbocycles. The summed E-state index contributed by atoms with van der Waals surface area (Å²) >= 11 is 7.72. The van der Waals surface area contributed by atoms with Crippen LogP contribution in [0.25, 0.3) is 44.3 Å². The van der Waals surface area contributed by atoms with Gasteiger partial charge in [-0.2, -0.15) is 0 Å². The van der Waals surface area contributed by atoms with Crippen molar-refractivity contribution in [3.8, 4) is 22.5 Å². The Morgan fingerprint density at radius 1 is 0.338 bits per heavy atom. The fourth-order valence-electron chi connectivity index (χ4n) is 14.7. The first-order valence-electron chi connectivity index (χ1n) is 34.4. The van der Waals surface area contributed by atoms with Gasteiger partial charge >= 0.3 is 0 Å². The van der Waals surface area contributed by atoms with Gasteiger partial charge in [-0.05, 0) is 146 Å². The zero-order valence-corrected chi connectivity index (χ0v) is 54.2. The number of nitrogens with zero attached hydrogens (tertiary/aromatic N) is 2. The van der Waals surface area contributed by atoms with E-state index in [0.29, 0.717) is 11.8 Å². The molecule has 438 valence electrons. The standard InChI is InChI=1S/C76H110Br2N2/c1-3-5-7-9-11-13-15-17-19-21-23-25-27-29-31-33-35-37-41-63-43-39-45-69-71-59-65(77)51-57-73(71)79(75(63)69)67-53-47-61(48-54-67)62-49-55-68(56-50-62)80-74-58-52-66(78)60-72(74)70-46-40-44-64(76(70)80)42-38-36-34-32-30-28-26-24-22-20-18-16-14-12-10-8-6-4-2/h47-60,63-64H,3-46H2,1-2H3. The molecule has 8 rings (SSSR count). The third-order valence-electron chi connectivity index (χ3n) is 19.3. The topological polar surface area (TPSA) is 9.86 Å². The lowest BCUT2D eigenvalue weighted by atomic mass is 9.83. The molecule has 2 aromatic heterocycles. The molecule has 80 heavy (non-hydrogen) atoms. The lowest BCUT2D eigenvalue weighted by Crippen LogP contribution is -2.14. The molecule has 2 heterocycles. The summed E-state index contributed by atoms with van der Waals surface area (Å²) in [6.45, 7) is 4.63. The molecule has 0 fully saturated rings. The molecule has 0 spiro atoms. The second-order valence-corrected chi connectivity index (χ2v) is 27.4. The Hall–Kier alpha value is -3.08. The molecule has 4 aromatic carbocycles. The number of aromatic nitrogens is 2. The van der Waals surface area contributed by atoms with Crippen LogP contribution in [0.4, 0.5) is 0 Å². The SMILES string of the molecule is CCCCCCCCCCCCCCCCCCCCC1CCCc2c1n(-c1ccc(-c3ccc(-n4c5c(c6cc(Br)ccc64)CCCC5CCCCCCCCCCCCCCCCCCCC)cc3)cc1)c1ccc(Br)cc21. The number of hydrogen-bond acceptors (Lipinski definition) is 0. The van der Waals surface area contributed by atoms with E-state index in [-0.39, 0.29) is 0 Å². The lowest BCUT2D eigenvalue weighted by molar-refractivity contribution is 0.469. The van der Waals surface area contributed by atoms with Crippen LogP contribution in [0.3, 0.4) is 0 Å². The Labute approximate surface area is 506 Å². The third kappa shape index (κ3) is 19.0. The van der Waals surface area contributed by atoms with Crippen LogP contribution in [-0.4, -0.2) is 9.13 Å². The van der Waals surface area contributed by atoms with Crippen LogP contribution in [0.15, 0.2) is 93.9 Å². The van der Waals surface area contributed by atoms with Gasteiger partial charge in [0, 0.05) is 42.5 Å². The molecule has 0 aliphatic heterocycles. The molecule has 2 nitrogen and oxygen atoms in total. The van der Waals surface area contributed by atoms with Crippen molar-refractivity contribution in [1.82, 2.24) is 9.13 Å². The van der Waals surface area contributed by atoms with Gasteiger partial charge in [0.05, 0.1) is 11.0 Å². The van der Waals surface area contributed by atoms with Gasteiger partial charge in [0.15, 0.2) is 0 Å². The van der Waals surface area contributed by atoms with Crippen molar-refractivity contribution in [3.05, 3.63) is 116 Å². The molecule has 0 saturated carbocycles. The van der Waals surface area contributed by atoms with E-state index in [0.717, 1.165) is 0 Å². The number of hydrogen-bond donors (Lipinski definition) is 0. The van der Waals surface area contributed by atoms with Gasteiger partial charge in [0.1, 0.15) is 0 Å². The quantitative estimate of drug-likeness (QED) is 0.0339. The summed E-state index contributed by atoms with van der Waals surface area (Å²) in [6.07, 6.45) is 61.8. The number of halogens is 2. The molecule has 0 saturated heterocycles. The molecular formula is C76H110Br2N2. The van der Waals surface area contributed by atoms with Crippen LogP contribution in [0, 0.1) is 0 Å². The average molecular weight is 1210 g/mol. The maximum absolute atomic E-state index is 3.86. The third-order valence-corrected chi connectivity index (χ3v) is 20.3. The predicted molar refractivity (Wildman–Crippen MR) is 359 cm³/mol. The van der Waals surface area contributed by atoms with Crippen molar-refractivity contribution in [3.63, 3.8) is 0 Å². The van der Waals surface area contributed by atoms with Crippen molar-refractivity contribution < 1.29 is 0 Å².